The van der Waals surface area contributed by atoms with Crippen LogP contribution in [0.15, 0.2) is 48.7 Å². The molecule has 1 aliphatic rings. The molecule has 3 aromatic rings. The summed E-state index contributed by atoms with van der Waals surface area (Å²) in [5, 5.41) is 0.991. The van der Waals surface area contributed by atoms with Gasteiger partial charge in [-0.1, -0.05) is 18.2 Å². The number of likely N-dealkylation sites (tertiary alicyclic amines) is 1. The minimum absolute atomic E-state index is 0.0461. The van der Waals surface area contributed by atoms with Crippen LogP contribution in [0.3, 0.4) is 0 Å². The Morgan fingerprint density at radius 2 is 2.07 bits per heavy atom. The highest BCUT2D eigenvalue weighted by Gasteiger charge is 2.28. The van der Waals surface area contributed by atoms with Crippen LogP contribution < -0.4 is 0 Å². The maximum absolute atomic E-state index is 12.8. The predicted molar refractivity (Wildman–Crippen MR) is 102 cm³/mol. The van der Waals surface area contributed by atoms with Crippen molar-refractivity contribution in [2.24, 2.45) is 5.92 Å². The minimum Gasteiger partial charge on any atom is -0.465 e. The Kier molecular flexibility index (Phi) is 4.62. The maximum atomic E-state index is 12.8. The number of nitrogens with zero attached hydrogens (tertiary/aromatic N) is 2. The first kappa shape index (κ1) is 17.3. The molecular formula is C21H21N3O3. The third kappa shape index (κ3) is 3.43. The number of pyridine rings is 1. The number of aromatic nitrogens is 2. The Hall–Kier alpha value is -3.15. The quantitative estimate of drug-likeness (QED) is 0.723. The second-order valence-corrected chi connectivity index (χ2v) is 6.87. The number of carbonyl (C=O) groups excluding carboxylic acids is 2. The number of methoxy groups -OCH3 is 1. The van der Waals surface area contributed by atoms with Crippen LogP contribution in [-0.4, -0.2) is 46.9 Å². The van der Waals surface area contributed by atoms with Gasteiger partial charge >= 0.3 is 5.97 Å². The van der Waals surface area contributed by atoms with Gasteiger partial charge in [-0.15, -0.1) is 0 Å². The van der Waals surface area contributed by atoms with Gasteiger partial charge in [-0.25, -0.2) is 9.78 Å². The van der Waals surface area contributed by atoms with Crippen LogP contribution in [0.2, 0.25) is 0 Å². The van der Waals surface area contributed by atoms with Gasteiger partial charge in [-0.3, -0.25) is 4.79 Å². The molecule has 1 N–H and O–H groups in total. The first-order valence-electron chi connectivity index (χ1n) is 9.05. The highest BCUT2D eigenvalue weighted by atomic mass is 16.5. The second-order valence-electron chi connectivity index (χ2n) is 6.87. The molecule has 1 atom stereocenters. The average Bonchev–Trinajstić information content (AvgIpc) is 3.36. The fourth-order valence-corrected chi connectivity index (χ4v) is 3.71. The number of carbonyl (C=O) groups is 2. The van der Waals surface area contributed by atoms with Crippen molar-refractivity contribution in [1.82, 2.24) is 14.9 Å². The van der Waals surface area contributed by atoms with Crippen molar-refractivity contribution in [2.75, 3.05) is 20.2 Å². The number of ether oxygens (including phenoxy) is 1. The summed E-state index contributed by atoms with van der Waals surface area (Å²) in [5.74, 6) is -0.0517. The molecule has 1 unspecified atom stereocenters. The van der Waals surface area contributed by atoms with Crippen molar-refractivity contribution >= 4 is 22.9 Å². The van der Waals surface area contributed by atoms with Gasteiger partial charge in [0.1, 0.15) is 11.3 Å². The van der Waals surface area contributed by atoms with E-state index in [-0.39, 0.29) is 11.9 Å². The van der Waals surface area contributed by atoms with Crippen LogP contribution >= 0.6 is 0 Å². The summed E-state index contributed by atoms with van der Waals surface area (Å²) < 4.78 is 4.87. The fraction of sp³-hybridized carbons (Fsp3) is 0.286. The molecule has 0 aliphatic carbocycles. The number of aromatic amines is 1. The highest BCUT2D eigenvalue weighted by Crippen LogP contribution is 2.24. The minimum atomic E-state index is -0.319. The lowest BCUT2D eigenvalue weighted by atomic mass is 9.95. The Balaban J connectivity index is 1.46. The van der Waals surface area contributed by atoms with Crippen LogP contribution in [-0.2, 0) is 11.2 Å². The summed E-state index contributed by atoms with van der Waals surface area (Å²) >= 11 is 0. The molecule has 0 saturated carbocycles. The Morgan fingerprint density at radius 3 is 2.93 bits per heavy atom. The second kappa shape index (κ2) is 7.23. The van der Waals surface area contributed by atoms with E-state index in [1.54, 1.807) is 12.1 Å². The number of esters is 1. The fourth-order valence-electron chi connectivity index (χ4n) is 3.71. The summed E-state index contributed by atoms with van der Waals surface area (Å²) in [5.41, 5.74) is 2.75. The van der Waals surface area contributed by atoms with E-state index in [0.717, 1.165) is 29.4 Å². The molecule has 0 bridgehead atoms. The summed E-state index contributed by atoms with van der Waals surface area (Å²) in [6, 6.07) is 13.1. The maximum Gasteiger partial charge on any atom is 0.338 e. The summed E-state index contributed by atoms with van der Waals surface area (Å²) in [7, 11) is 1.39. The summed E-state index contributed by atoms with van der Waals surface area (Å²) in [4.78, 5) is 34.1. The molecule has 27 heavy (non-hydrogen) atoms. The zero-order valence-electron chi connectivity index (χ0n) is 15.1. The molecule has 6 heteroatoms. The van der Waals surface area contributed by atoms with Gasteiger partial charge in [0.15, 0.2) is 0 Å². The molecule has 1 saturated heterocycles. The van der Waals surface area contributed by atoms with Gasteiger partial charge in [0.25, 0.3) is 5.91 Å². The summed E-state index contributed by atoms with van der Waals surface area (Å²) in [6.07, 6.45) is 3.47. The number of nitrogens with one attached hydrogen (secondary N) is 1. The van der Waals surface area contributed by atoms with Crippen molar-refractivity contribution in [1.29, 1.82) is 0 Å². The standard InChI is InChI=1S/C21H21N3O3/c1-27-21(26)17-5-3-2-4-16(17)12-14-9-11-24(13-14)20(25)18-7-6-15-8-10-22-19(15)23-18/h2-8,10,14H,9,11-13H2,1H3,(H,22,23). The van der Waals surface area contributed by atoms with E-state index >= 15 is 0 Å². The number of H-pyrrole nitrogens is 1. The normalized spacial score (nSPS) is 16.6. The lowest BCUT2D eigenvalue weighted by Crippen LogP contribution is -2.29. The molecule has 1 aliphatic heterocycles. The van der Waals surface area contributed by atoms with Crippen molar-refractivity contribution in [3.8, 4) is 0 Å². The average molecular weight is 363 g/mol. The van der Waals surface area contributed by atoms with Crippen molar-refractivity contribution in [3.05, 3.63) is 65.5 Å². The van der Waals surface area contributed by atoms with Gasteiger partial charge in [0.2, 0.25) is 0 Å². The number of benzene rings is 1. The first-order chi connectivity index (χ1) is 13.2. The predicted octanol–water partition coefficient (Wildman–Crippen LogP) is 3.05. The Bertz CT molecular complexity index is 995. The van der Waals surface area contributed by atoms with E-state index in [1.807, 2.05) is 41.4 Å². The highest BCUT2D eigenvalue weighted by molar-refractivity contribution is 5.94. The number of rotatable bonds is 4. The van der Waals surface area contributed by atoms with Gasteiger partial charge in [0, 0.05) is 24.7 Å². The van der Waals surface area contributed by atoms with Gasteiger partial charge in [-0.2, -0.15) is 0 Å². The van der Waals surface area contributed by atoms with E-state index in [9.17, 15) is 9.59 Å². The third-order valence-electron chi connectivity index (χ3n) is 5.13. The molecule has 1 fully saturated rings. The van der Waals surface area contributed by atoms with Gasteiger partial charge < -0.3 is 14.6 Å². The summed E-state index contributed by atoms with van der Waals surface area (Å²) in [6.45, 7) is 1.37. The molecule has 2 aromatic heterocycles. The van der Waals surface area contributed by atoms with E-state index < -0.39 is 0 Å². The third-order valence-corrected chi connectivity index (χ3v) is 5.13. The monoisotopic (exact) mass is 363 g/mol. The van der Waals surface area contributed by atoms with Crippen LogP contribution in [0.5, 0.6) is 0 Å². The lowest BCUT2D eigenvalue weighted by molar-refractivity contribution is 0.0598. The Morgan fingerprint density at radius 1 is 1.22 bits per heavy atom. The van der Waals surface area contributed by atoms with E-state index in [1.165, 1.54) is 7.11 Å². The van der Waals surface area contributed by atoms with Gasteiger partial charge in [0.05, 0.1) is 12.7 Å². The van der Waals surface area contributed by atoms with Gasteiger partial charge in [-0.05, 0) is 48.6 Å². The van der Waals surface area contributed by atoms with E-state index in [0.29, 0.717) is 30.3 Å². The smallest absolute Gasteiger partial charge is 0.338 e. The van der Waals surface area contributed by atoms with Crippen LogP contribution in [0.25, 0.3) is 11.0 Å². The zero-order chi connectivity index (χ0) is 18.8. The first-order valence-corrected chi connectivity index (χ1v) is 9.05. The SMILES string of the molecule is COC(=O)c1ccccc1CC1CCN(C(=O)c2ccc3cc[nH]c3n2)C1. The molecule has 0 spiro atoms. The molecule has 3 heterocycles. The van der Waals surface area contributed by atoms with Crippen molar-refractivity contribution in [2.45, 2.75) is 12.8 Å². The molecule has 1 aromatic carbocycles. The van der Waals surface area contributed by atoms with Crippen LogP contribution in [0, 0.1) is 5.92 Å². The van der Waals surface area contributed by atoms with Crippen molar-refractivity contribution in [3.63, 3.8) is 0 Å². The molecule has 4 rings (SSSR count). The largest absolute Gasteiger partial charge is 0.465 e. The van der Waals surface area contributed by atoms with Crippen LogP contribution in [0.4, 0.5) is 0 Å². The lowest BCUT2D eigenvalue weighted by Gasteiger charge is -2.17. The molecular weight excluding hydrogens is 342 g/mol. The number of hydrogen-bond acceptors (Lipinski definition) is 4. The van der Waals surface area contributed by atoms with E-state index in [2.05, 4.69) is 9.97 Å². The molecule has 1 amide bonds. The molecule has 0 radical (unpaired) electrons. The number of hydrogen-bond donors (Lipinski definition) is 1. The Labute approximate surface area is 157 Å². The van der Waals surface area contributed by atoms with Crippen molar-refractivity contribution < 1.29 is 14.3 Å². The van der Waals surface area contributed by atoms with Crippen LogP contribution in [0.1, 0.15) is 32.8 Å². The molecule has 138 valence electrons. The molecule has 6 nitrogen and oxygen atoms in total. The number of amides is 1. The topological polar surface area (TPSA) is 75.3 Å². The number of fused-ring (bicyclic) bond motifs is 1. The van der Waals surface area contributed by atoms with E-state index in [4.69, 9.17) is 4.74 Å². The zero-order valence-corrected chi connectivity index (χ0v) is 15.1.